The Labute approximate surface area is 118 Å². The molecule has 2 aromatic rings. The Hall–Kier alpha value is -1.49. The van der Waals surface area contributed by atoms with Crippen molar-refractivity contribution in [3.63, 3.8) is 0 Å². The maximum atomic E-state index is 4.52. The van der Waals surface area contributed by atoms with Crippen LogP contribution in [-0.4, -0.2) is 15.0 Å². The molecule has 2 aromatic heterocycles. The molecule has 0 amide bonds. The van der Waals surface area contributed by atoms with E-state index in [9.17, 15) is 0 Å². The summed E-state index contributed by atoms with van der Waals surface area (Å²) in [5.74, 6) is 1.11. The molecule has 0 atom stereocenters. The van der Waals surface area contributed by atoms with Gasteiger partial charge in [0.15, 0.2) is 0 Å². The van der Waals surface area contributed by atoms with Crippen LogP contribution in [0.3, 0.4) is 0 Å². The van der Waals surface area contributed by atoms with E-state index in [0.29, 0.717) is 11.9 Å². The number of rotatable bonds is 5. The molecule has 19 heavy (non-hydrogen) atoms. The lowest BCUT2D eigenvalue weighted by Gasteiger charge is -2.08. The van der Waals surface area contributed by atoms with Crippen LogP contribution in [0.5, 0.6) is 0 Å². The van der Waals surface area contributed by atoms with Gasteiger partial charge in [0, 0.05) is 16.8 Å². The Morgan fingerprint density at radius 3 is 2.79 bits per heavy atom. The highest BCUT2D eigenvalue weighted by Crippen LogP contribution is 2.19. The minimum atomic E-state index is 0.417. The van der Waals surface area contributed by atoms with E-state index < -0.39 is 0 Å². The van der Waals surface area contributed by atoms with Gasteiger partial charge in [-0.15, -0.1) is 11.3 Å². The molecule has 0 aliphatic carbocycles. The van der Waals surface area contributed by atoms with Gasteiger partial charge >= 0.3 is 0 Å². The highest BCUT2D eigenvalue weighted by Gasteiger charge is 2.08. The third kappa shape index (κ3) is 3.50. The first kappa shape index (κ1) is 13.9. The van der Waals surface area contributed by atoms with Gasteiger partial charge in [0.25, 0.3) is 0 Å². The molecule has 4 nitrogen and oxygen atoms in total. The van der Waals surface area contributed by atoms with E-state index in [4.69, 9.17) is 0 Å². The lowest BCUT2D eigenvalue weighted by atomic mass is 10.1. The summed E-state index contributed by atoms with van der Waals surface area (Å²) in [5.41, 5.74) is 2.24. The summed E-state index contributed by atoms with van der Waals surface area (Å²) in [4.78, 5) is 14.6. The molecule has 5 heteroatoms. The van der Waals surface area contributed by atoms with Crippen LogP contribution in [0.1, 0.15) is 48.0 Å². The molecule has 2 heterocycles. The van der Waals surface area contributed by atoms with Gasteiger partial charge in [0.1, 0.15) is 0 Å². The molecule has 2 rings (SSSR count). The van der Waals surface area contributed by atoms with Crippen LogP contribution in [0.25, 0.3) is 0 Å². The van der Waals surface area contributed by atoms with Gasteiger partial charge in [-0.05, 0) is 25.3 Å². The maximum absolute atomic E-state index is 4.52. The number of anilines is 1. The minimum Gasteiger partial charge on any atom is -0.349 e. The molecule has 102 valence electrons. The predicted octanol–water partition coefficient (Wildman–Crippen LogP) is 3.54. The van der Waals surface area contributed by atoms with E-state index in [1.165, 1.54) is 10.6 Å². The van der Waals surface area contributed by atoms with Crippen LogP contribution in [0, 0.1) is 6.92 Å². The number of thiazole rings is 1. The second-order valence-electron chi connectivity index (χ2n) is 4.77. The Balaban J connectivity index is 2.07. The maximum Gasteiger partial charge on any atom is 0.223 e. The van der Waals surface area contributed by atoms with Gasteiger partial charge in [-0.25, -0.2) is 15.0 Å². The van der Waals surface area contributed by atoms with Gasteiger partial charge < -0.3 is 5.32 Å². The molecule has 0 saturated carbocycles. The summed E-state index contributed by atoms with van der Waals surface area (Å²) in [5, 5.41) is 4.41. The van der Waals surface area contributed by atoms with Crippen LogP contribution in [0.2, 0.25) is 0 Å². The van der Waals surface area contributed by atoms with E-state index in [-0.39, 0.29) is 0 Å². The lowest BCUT2D eigenvalue weighted by molar-refractivity contribution is 0.813. The number of aryl methyl sites for hydroxylation is 2. The third-order valence-electron chi connectivity index (χ3n) is 2.90. The van der Waals surface area contributed by atoms with E-state index in [2.05, 4.69) is 41.0 Å². The molecule has 0 unspecified atom stereocenters. The van der Waals surface area contributed by atoms with Crippen molar-refractivity contribution in [2.45, 2.75) is 46.6 Å². The first-order chi connectivity index (χ1) is 9.10. The molecule has 0 fully saturated rings. The number of nitrogens with one attached hydrogen (secondary N) is 1. The van der Waals surface area contributed by atoms with Gasteiger partial charge in [0.05, 0.1) is 17.2 Å². The summed E-state index contributed by atoms with van der Waals surface area (Å²) in [7, 11) is 0. The van der Waals surface area contributed by atoms with Gasteiger partial charge in [0.2, 0.25) is 5.95 Å². The Bertz CT molecular complexity index is 548. The highest BCUT2D eigenvalue weighted by molar-refractivity contribution is 7.11. The highest BCUT2D eigenvalue weighted by atomic mass is 32.1. The molecule has 0 bridgehead atoms. The first-order valence-electron chi connectivity index (χ1n) is 6.62. The molecule has 0 saturated heterocycles. The van der Waals surface area contributed by atoms with Crippen molar-refractivity contribution in [1.82, 2.24) is 15.0 Å². The molecule has 0 aliphatic heterocycles. The quantitative estimate of drug-likeness (QED) is 0.907. The second-order valence-corrected chi connectivity index (χ2v) is 6.06. The molecular weight excluding hydrogens is 256 g/mol. The van der Waals surface area contributed by atoms with Crippen molar-refractivity contribution in [2.24, 2.45) is 0 Å². The van der Waals surface area contributed by atoms with Gasteiger partial charge in [-0.3, -0.25) is 0 Å². The van der Waals surface area contributed by atoms with E-state index in [0.717, 1.165) is 23.7 Å². The molecular formula is C14H20N4S. The van der Waals surface area contributed by atoms with E-state index >= 15 is 0 Å². The topological polar surface area (TPSA) is 50.7 Å². The van der Waals surface area contributed by atoms with E-state index in [1.807, 2.05) is 19.2 Å². The SMILES string of the molecule is CCc1nc(C)sc1CNc1nccc(C(C)C)n1. The molecule has 0 aliphatic rings. The monoisotopic (exact) mass is 276 g/mol. The second kappa shape index (κ2) is 6.10. The smallest absolute Gasteiger partial charge is 0.223 e. The number of aromatic nitrogens is 3. The summed E-state index contributed by atoms with van der Waals surface area (Å²) in [6.45, 7) is 9.19. The fraction of sp³-hybridized carbons (Fsp3) is 0.500. The lowest BCUT2D eigenvalue weighted by Crippen LogP contribution is -2.05. The number of hydrogen-bond donors (Lipinski definition) is 1. The summed E-state index contributed by atoms with van der Waals surface area (Å²) in [6, 6.07) is 1.96. The summed E-state index contributed by atoms with van der Waals surface area (Å²) in [6.07, 6.45) is 2.78. The van der Waals surface area contributed by atoms with E-state index in [1.54, 1.807) is 11.3 Å². The van der Waals surface area contributed by atoms with Crippen LogP contribution < -0.4 is 5.32 Å². The Kier molecular flexibility index (Phi) is 4.47. The zero-order chi connectivity index (χ0) is 13.8. The third-order valence-corrected chi connectivity index (χ3v) is 3.91. The normalized spacial score (nSPS) is 11.0. The Morgan fingerprint density at radius 1 is 1.32 bits per heavy atom. The summed E-state index contributed by atoms with van der Waals surface area (Å²) < 4.78 is 0. The zero-order valence-corrected chi connectivity index (χ0v) is 12.7. The van der Waals surface area contributed by atoms with Crippen LogP contribution in [-0.2, 0) is 13.0 Å². The van der Waals surface area contributed by atoms with Gasteiger partial charge in [-0.1, -0.05) is 20.8 Å². The van der Waals surface area contributed by atoms with Crippen LogP contribution >= 0.6 is 11.3 Å². The summed E-state index contributed by atoms with van der Waals surface area (Å²) >= 11 is 1.74. The van der Waals surface area contributed by atoms with Crippen LogP contribution in [0.4, 0.5) is 5.95 Å². The Morgan fingerprint density at radius 2 is 2.11 bits per heavy atom. The largest absolute Gasteiger partial charge is 0.349 e. The standard InChI is InChI=1S/C14H20N4S/c1-5-11-13(19-10(4)17-11)8-16-14-15-7-6-12(18-14)9(2)3/h6-7,9H,5,8H2,1-4H3,(H,15,16,18). The van der Waals surface area contributed by atoms with Crippen molar-refractivity contribution in [1.29, 1.82) is 0 Å². The van der Waals surface area contributed by atoms with Crippen LogP contribution in [0.15, 0.2) is 12.3 Å². The van der Waals surface area contributed by atoms with Crippen molar-refractivity contribution < 1.29 is 0 Å². The molecule has 1 N–H and O–H groups in total. The van der Waals surface area contributed by atoms with Crippen molar-refractivity contribution in [3.05, 3.63) is 33.5 Å². The fourth-order valence-corrected chi connectivity index (χ4v) is 2.83. The first-order valence-corrected chi connectivity index (χ1v) is 7.43. The zero-order valence-electron chi connectivity index (χ0n) is 11.9. The minimum absolute atomic E-state index is 0.417. The number of nitrogens with zero attached hydrogens (tertiary/aromatic N) is 3. The van der Waals surface area contributed by atoms with Crippen molar-refractivity contribution in [2.75, 3.05) is 5.32 Å². The molecule has 0 radical (unpaired) electrons. The fourth-order valence-electron chi connectivity index (χ4n) is 1.87. The van der Waals surface area contributed by atoms with Gasteiger partial charge in [-0.2, -0.15) is 0 Å². The molecule has 0 aromatic carbocycles. The number of hydrogen-bond acceptors (Lipinski definition) is 5. The average Bonchev–Trinajstić information content (AvgIpc) is 2.77. The van der Waals surface area contributed by atoms with Crippen molar-refractivity contribution >= 4 is 17.3 Å². The predicted molar refractivity (Wildman–Crippen MR) is 79.7 cm³/mol. The molecule has 0 spiro atoms. The average molecular weight is 276 g/mol. The van der Waals surface area contributed by atoms with Crippen molar-refractivity contribution in [3.8, 4) is 0 Å².